The van der Waals surface area contributed by atoms with Crippen LogP contribution in [0.5, 0.6) is 5.75 Å². The number of aromatic hydroxyl groups is 1. The van der Waals surface area contributed by atoms with Crippen LogP contribution < -0.4 is 0 Å². The third kappa shape index (κ3) is 2.05. The van der Waals surface area contributed by atoms with E-state index in [0.29, 0.717) is 6.42 Å². The number of esters is 1. The lowest BCUT2D eigenvalue weighted by atomic mass is 10.1. The van der Waals surface area contributed by atoms with Gasteiger partial charge in [-0.25, -0.2) is 4.79 Å². The monoisotopic (exact) mass is 190 g/mol. The molecular weight excluding hydrogens is 180 g/mol. The van der Waals surface area contributed by atoms with Crippen molar-refractivity contribution in [3.63, 3.8) is 0 Å². The molecule has 0 spiro atoms. The summed E-state index contributed by atoms with van der Waals surface area (Å²) < 4.78 is 4.50. The van der Waals surface area contributed by atoms with Gasteiger partial charge in [-0.05, 0) is 17.7 Å². The normalized spacial score (nSPS) is 9.14. The van der Waals surface area contributed by atoms with E-state index < -0.39 is 5.97 Å². The maximum absolute atomic E-state index is 11.2. The Bertz CT molecular complexity index is 388. The van der Waals surface area contributed by atoms with E-state index >= 15 is 0 Å². The van der Waals surface area contributed by atoms with E-state index in [1.54, 1.807) is 6.07 Å². The molecule has 0 atom stereocenters. The average Bonchev–Trinajstić information content (AvgIpc) is 2.20. The smallest absolute Gasteiger partial charge is 0.341 e. The summed E-state index contributed by atoms with van der Waals surface area (Å²) in [4.78, 5) is 11.2. The maximum Gasteiger partial charge on any atom is 0.341 e. The van der Waals surface area contributed by atoms with Gasteiger partial charge in [0, 0.05) is 6.42 Å². The van der Waals surface area contributed by atoms with Gasteiger partial charge in [-0.3, -0.25) is 0 Å². The number of ether oxygens (including phenoxy) is 1. The van der Waals surface area contributed by atoms with Crippen molar-refractivity contribution in [1.82, 2.24) is 0 Å². The lowest BCUT2D eigenvalue weighted by Gasteiger charge is -2.03. The number of hydrogen-bond acceptors (Lipinski definition) is 3. The first-order chi connectivity index (χ1) is 6.69. The van der Waals surface area contributed by atoms with Crippen molar-refractivity contribution >= 4 is 5.97 Å². The Labute approximate surface area is 82.3 Å². The predicted octanol–water partition coefficient (Wildman–Crippen LogP) is 1.35. The highest BCUT2D eigenvalue weighted by molar-refractivity contribution is 5.92. The van der Waals surface area contributed by atoms with Crippen molar-refractivity contribution in [2.24, 2.45) is 0 Å². The minimum absolute atomic E-state index is 0.0994. The van der Waals surface area contributed by atoms with Gasteiger partial charge in [0.15, 0.2) is 0 Å². The molecule has 0 fully saturated rings. The van der Waals surface area contributed by atoms with E-state index in [0.717, 1.165) is 5.56 Å². The zero-order valence-corrected chi connectivity index (χ0v) is 7.78. The first kappa shape index (κ1) is 10.1. The first-order valence-corrected chi connectivity index (χ1v) is 4.02. The van der Waals surface area contributed by atoms with Gasteiger partial charge in [-0.1, -0.05) is 6.07 Å². The number of terminal acetylenes is 1. The molecule has 1 aromatic rings. The minimum Gasteiger partial charge on any atom is -0.507 e. The number of methoxy groups -OCH3 is 1. The van der Waals surface area contributed by atoms with Crippen LogP contribution in [0.15, 0.2) is 18.2 Å². The van der Waals surface area contributed by atoms with Gasteiger partial charge < -0.3 is 9.84 Å². The number of carbonyl (C=O) groups excluding carboxylic acids is 1. The van der Waals surface area contributed by atoms with Crippen LogP contribution in [0.3, 0.4) is 0 Å². The fourth-order valence-electron chi connectivity index (χ4n) is 1.08. The Morgan fingerprint density at radius 3 is 2.93 bits per heavy atom. The van der Waals surface area contributed by atoms with Crippen molar-refractivity contribution in [3.8, 4) is 18.1 Å². The Morgan fingerprint density at radius 2 is 2.36 bits per heavy atom. The summed E-state index contributed by atoms with van der Waals surface area (Å²) in [6.45, 7) is 0. The summed E-state index contributed by atoms with van der Waals surface area (Å²) in [6.07, 6.45) is 5.55. The maximum atomic E-state index is 11.2. The van der Waals surface area contributed by atoms with Crippen molar-refractivity contribution in [1.29, 1.82) is 0 Å². The standard InChI is InChI=1S/C11H10O3/c1-3-4-8-5-6-10(12)9(7-8)11(13)14-2/h1,5-7,12H,4H2,2H3. The lowest BCUT2D eigenvalue weighted by molar-refractivity contribution is 0.0597. The number of carbonyl (C=O) groups is 1. The SMILES string of the molecule is C#CCc1ccc(O)c(C(=O)OC)c1. The molecule has 1 rings (SSSR count). The van der Waals surface area contributed by atoms with Crippen molar-refractivity contribution in [2.45, 2.75) is 6.42 Å². The number of phenolic OH excluding ortho intramolecular Hbond substituents is 1. The fraction of sp³-hybridized carbons (Fsp3) is 0.182. The molecule has 1 N–H and O–H groups in total. The second-order valence-corrected chi connectivity index (χ2v) is 2.72. The van der Waals surface area contributed by atoms with E-state index in [-0.39, 0.29) is 11.3 Å². The van der Waals surface area contributed by atoms with E-state index in [1.807, 2.05) is 0 Å². The molecule has 0 bridgehead atoms. The third-order valence-corrected chi connectivity index (χ3v) is 1.77. The highest BCUT2D eigenvalue weighted by Crippen LogP contribution is 2.19. The van der Waals surface area contributed by atoms with E-state index in [9.17, 15) is 9.90 Å². The number of hydrogen-bond donors (Lipinski definition) is 1. The molecule has 0 saturated heterocycles. The molecule has 0 amide bonds. The average molecular weight is 190 g/mol. The van der Waals surface area contributed by atoms with E-state index in [2.05, 4.69) is 10.7 Å². The van der Waals surface area contributed by atoms with E-state index in [1.165, 1.54) is 19.2 Å². The second kappa shape index (κ2) is 4.33. The van der Waals surface area contributed by atoms with E-state index in [4.69, 9.17) is 6.42 Å². The molecule has 0 saturated carbocycles. The number of rotatable bonds is 2. The molecule has 0 radical (unpaired) electrons. The molecule has 0 aliphatic carbocycles. The molecule has 3 nitrogen and oxygen atoms in total. The molecule has 14 heavy (non-hydrogen) atoms. The number of phenols is 1. The van der Waals surface area contributed by atoms with Gasteiger partial charge in [-0.2, -0.15) is 0 Å². The largest absolute Gasteiger partial charge is 0.507 e. The quantitative estimate of drug-likeness (QED) is 0.565. The minimum atomic E-state index is -0.568. The van der Waals surface area contributed by atoms with Gasteiger partial charge in [0.1, 0.15) is 11.3 Å². The Hall–Kier alpha value is -1.95. The summed E-state index contributed by atoms with van der Waals surface area (Å²) in [5.74, 6) is 1.79. The van der Waals surface area contributed by atoms with Crippen LogP contribution in [0.4, 0.5) is 0 Å². The van der Waals surface area contributed by atoms with Crippen LogP contribution in [0, 0.1) is 12.3 Å². The van der Waals surface area contributed by atoms with Crippen molar-refractivity contribution < 1.29 is 14.6 Å². The van der Waals surface area contributed by atoms with Crippen molar-refractivity contribution in [3.05, 3.63) is 29.3 Å². The molecule has 72 valence electrons. The summed E-state index contributed by atoms with van der Waals surface area (Å²) in [6, 6.07) is 4.63. The molecule has 0 aliphatic heterocycles. The zero-order chi connectivity index (χ0) is 10.6. The summed E-state index contributed by atoms with van der Waals surface area (Å²) in [7, 11) is 1.26. The van der Waals surface area contributed by atoms with Gasteiger partial charge in [0.05, 0.1) is 7.11 Å². The summed E-state index contributed by atoms with van der Waals surface area (Å²) in [5, 5.41) is 9.35. The molecule has 0 aromatic heterocycles. The van der Waals surface area contributed by atoms with Crippen LogP contribution in [-0.4, -0.2) is 18.2 Å². The van der Waals surface area contributed by atoms with Crippen LogP contribution in [-0.2, 0) is 11.2 Å². The zero-order valence-electron chi connectivity index (χ0n) is 7.78. The first-order valence-electron chi connectivity index (χ1n) is 4.02. The summed E-state index contributed by atoms with van der Waals surface area (Å²) >= 11 is 0. The van der Waals surface area contributed by atoms with Gasteiger partial charge in [-0.15, -0.1) is 12.3 Å². The topological polar surface area (TPSA) is 46.5 Å². The van der Waals surface area contributed by atoms with Crippen LogP contribution in [0.25, 0.3) is 0 Å². The van der Waals surface area contributed by atoms with Crippen LogP contribution in [0.2, 0.25) is 0 Å². The molecule has 0 aliphatic rings. The second-order valence-electron chi connectivity index (χ2n) is 2.72. The highest BCUT2D eigenvalue weighted by atomic mass is 16.5. The fourth-order valence-corrected chi connectivity index (χ4v) is 1.08. The summed E-state index contributed by atoms with van der Waals surface area (Å²) in [5.41, 5.74) is 0.936. The molecule has 0 heterocycles. The Kier molecular flexibility index (Phi) is 3.14. The lowest BCUT2D eigenvalue weighted by Crippen LogP contribution is -2.02. The molecular formula is C11H10O3. The van der Waals surface area contributed by atoms with Gasteiger partial charge in [0.25, 0.3) is 0 Å². The molecule has 3 heteroatoms. The molecule has 0 unspecified atom stereocenters. The number of benzene rings is 1. The van der Waals surface area contributed by atoms with Crippen LogP contribution >= 0.6 is 0 Å². The third-order valence-electron chi connectivity index (χ3n) is 1.77. The van der Waals surface area contributed by atoms with Crippen LogP contribution in [0.1, 0.15) is 15.9 Å². The van der Waals surface area contributed by atoms with Crippen molar-refractivity contribution in [2.75, 3.05) is 7.11 Å². The van der Waals surface area contributed by atoms with Gasteiger partial charge in [0.2, 0.25) is 0 Å². The highest BCUT2D eigenvalue weighted by Gasteiger charge is 2.11. The van der Waals surface area contributed by atoms with Gasteiger partial charge >= 0.3 is 5.97 Å². The Balaban J connectivity index is 3.09. The predicted molar refractivity (Wildman–Crippen MR) is 52.0 cm³/mol. The Morgan fingerprint density at radius 1 is 1.64 bits per heavy atom. The molecule has 1 aromatic carbocycles.